The van der Waals surface area contributed by atoms with Crippen LogP contribution in [0.5, 0.6) is 0 Å². The molecular weight excluding hydrogens is 307 g/mol. The summed E-state index contributed by atoms with van der Waals surface area (Å²) in [7, 11) is -3.53. The second kappa shape index (κ2) is 6.66. The van der Waals surface area contributed by atoms with Gasteiger partial charge >= 0.3 is 7.60 Å². The van der Waals surface area contributed by atoms with Crippen molar-refractivity contribution in [2.45, 2.75) is 19.7 Å². The highest BCUT2D eigenvalue weighted by Gasteiger charge is 2.36. The molecule has 0 fully saturated rings. The molecule has 0 bridgehead atoms. The zero-order chi connectivity index (χ0) is 12.9. The molecule has 0 radical (unpaired) electrons. The van der Waals surface area contributed by atoms with Gasteiger partial charge in [-0.1, -0.05) is 34.1 Å². The topological polar surface area (TPSA) is 55.8 Å². The van der Waals surface area contributed by atoms with E-state index in [4.69, 9.17) is 9.05 Å². The molecule has 1 aromatic rings. The lowest BCUT2D eigenvalue weighted by molar-refractivity contribution is 0.150. The second-order valence-corrected chi connectivity index (χ2v) is 6.21. The van der Waals surface area contributed by atoms with Crippen LogP contribution in [0.2, 0.25) is 0 Å². The molecule has 0 aromatic heterocycles. The molecule has 0 heterocycles. The van der Waals surface area contributed by atoms with Crippen molar-refractivity contribution in [1.82, 2.24) is 0 Å². The van der Waals surface area contributed by atoms with Gasteiger partial charge in [-0.2, -0.15) is 0 Å². The first kappa shape index (κ1) is 14.9. The molecule has 1 rings (SSSR count). The minimum absolute atomic E-state index is 0.221. The van der Waals surface area contributed by atoms with Gasteiger partial charge in [0.05, 0.1) is 13.2 Å². The molecule has 1 aromatic carbocycles. The van der Waals surface area contributed by atoms with E-state index in [0.717, 1.165) is 0 Å². The summed E-state index contributed by atoms with van der Waals surface area (Å²) in [5.41, 5.74) is 0.498. The smallest absolute Gasteiger partial charge is 0.363 e. The zero-order valence-electron chi connectivity index (χ0n) is 9.80. The number of aliphatic hydroxyl groups excluding tert-OH is 1. The summed E-state index contributed by atoms with van der Waals surface area (Å²) in [6.07, 6.45) is 0. The van der Waals surface area contributed by atoms with Gasteiger partial charge in [0.2, 0.25) is 0 Å². The molecule has 1 unspecified atom stereocenters. The van der Waals surface area contributed by atoms with Crippen molar-refractivity contribution in [3.05, 3.63) is 34.3 Å². The Morgan fingerprint density at radius 1 is 1.29 bits per heavy atom. The minimum Gasteiger partial charge on any atom is -0.376 e. The van der Waals surface area contributed by atoms with E-state index >= 15 is 0 Å². The van der Waals surface area contributed by atoms with Crippen LogP contribution in [0.3, 0.4) is 0 Å². The lowest BCUT2D eigenvalue weighted by atomic mass is 10.2. The fourth-order valence-electron chi connectivity index (χ4n) is 1.39. The lowest BCUT2D eigenvalue weighted by Crippen LogP contribution is -2.06. The third-order valence-corrected chi connectivity index (χ3v) is 4.94. The molecule has 0 saturated carbocycles. The Hall–Kier alpha value is -0.190. The van der Waals surface area contributed by atoms with E-state index in [0.29, 0.717) is 10.0 Å². The zero-order valence-corrected chi connectivity index (χ0v) is 12.3. The van der Waals surface area contributed by atoms with Crippen molar-refractivity contribution in [2.75, 3.05) is 13.2 Å². The number of hydrogen-bond donors (Lipinski definition) is 1. The Morgan fingerprint density at radius 3 is 2.29 bits per heavy atom. The largest absolute Gasteiger partial charge is 0.376 e. The van der Waals surface area contributed by atoms with E-state index in [1.54, 1.807) is 32.0 Å². The predicted octanol–water partition coefficient (Wildman–Crippen LogP) is 3.71. The molecule has 0 aliphatic rings. The van der Waals surface area contributed by atoms with Crippen molar-refractivity contribution in [2.24, 2.45) is 0 Å². The summed E-state index contributed by atoms with van der Waals surface area (Å²) in [6, 6.07) is 7.01. The molecule has 0 amide bonds. The first-order chi connectivity index (χ1) is 8.05. The van der Waals surface area contributed by atoms with E-state index in [1.807, 2.05) is 6.07 Å². The molecule has 6 heteroatoms. The third-order valence-electron chi connectivity index (χ3n) is 2.10. The highest BCUT2D eigenvalue weighted by Crippen LogP contribution is 2.60. The quantitative estimate of drug-likeness (QED) is 0.811. The van der Waals surface area contributed by atoms with Gasteiger partial charge in [-0.25, -0.2) is 0 Å². The van der Waals surface area contributed by atoms with Gasteiger partial charge < -0.3 is 14.2 Å². The summed E-state index contributed by atoms with van der Waals surface area (Å²) in [5, 5.41) is 10.1. The Kier molecular flexibility index (Phi) is 5.83. The van der Waals surface area contributed by atoms with E-state index < -0.39 is 13.4 Å². The summed E-state index contributed by atoms with van der Waals surface area (Å²) >= 11 is 3.30. The van der Waals surface area contributed by atoms with Gasteiger partial charge in [-0.05, 0) is 19.9 Å². The van der Waals surface area contributed by atoms with Crippen LogP contribution in [0.4, 0.5) is 0 Å². The first-order valence-corrected chi connectivity index (χ1v) is 7.77. The normalized spacial score (nSPS) is 13.6. The van der Waals surface area contributed by atoms with Gasteiger partial charge in [0, 0.05) is 10.0 Å². The standard InChI is InChI=1S/C11H16BrO4P/c1-3-15-17(14,16-4-2)11(13)9-7-5-6-8-10(9)12/h5-8,11,13H,3-4H2,1-2H3. The Morgan fingerprint density at radius 2 is 1.82 bits per heavy atom. The van der Waals surface area contributed by atoms with Crippen LogP contribution < -0.4 is 0 Å². The van der Waals surface area contributed by atoms with Crippen molar-refractivity contribution in [3.63, 3.8) is 0 Å². The fourth-order valence-corrected chi connectivity index (χ4v) is 3.71. The Labute approximate surface area is 110 Å². The molecule has 96 valence electrons. The molecule has 0 saturated heterocycles. The molecule has 17 heavy (non-hydrogen) atoms. The SMILES string of the molecule is CCOP(=O)(OCC)C(O)c1ccccc1Br. The van der Waals surface area contributed by atoms with E-state index in [1.165, 1.54) is 0 Å². The first-order valence-electron chi connectivity index (χ1n) is 5.36. The number of benzene rings is 1. The molecule has 1 atom stereocenters. The number of halogens is 1. The summed E-state index contributed by atoms with van der Waals surface area (Å²) < 4.78 is 23.2. The van der Waals surface area contributed by atoms with Crippen LogP contribution >= 0.6 is 23.5 Å². The highest BCUT2D eigenvalue weighted by molar-refractivity contribution is 9.10. The van der Waals surface area contributed by atoms with Gasteiger partial charge in [0.1, 0.15) is 0 Å². The van der Waals surface area contributed by atoms with E-state index in [9.17, 15) is 9.67 Å². The van der Waals surface area contributed by atoms with Crippen LogP contribution in [0.15, 0.2) is 28.7 Å². The summed E-state index contributed by atoms with van der Waals surface area (Å²) in [4.78, 5) is 0. The molecule has 0 aliphatic heterocycles. The lowest BCUT2D eigenvalue weighted by Gasteiger charge is -2.23. The van der Waals surface area contributed by atoms with Gasteiger partial charge in [-0.15, -0.1) is 0 Å². The number of hydrogen-bond acceptors (Lipinski definition) is 4. The van der Waals surface area contributed by atoms with E-state index in [2.05, 4.69) is 15.9 Å². The average Bonchev–Trinajstić information content (AvgIpc) is 2.29. The Bertz CT molecular complexity index is 400. The van der Waals surface area contributed by atoms with Crippen LogP contribution in [-0.2, 0) is 13.6 Å². The maximum atomic E-state index is 12.4. The molecule has 0 aliphatic carbocycles. The van der Waals surface area contributed by atoms with Gasteiger partial charge in [0.25, 0.3) is 0 Å². The van der Waals surface area contributed by atoms with Crippen molar-refractivity contribution in [3.8, 4) is 0 Å². The van der Waals surface area contributed by atoms with Crippen molar-refractivity contribution < 1.29 is 18.7 Å². The van der Waals surface area contributed by atoms with Gasteiger partial charge in [0.15, 0.2) is 5.85 Å². The van der Waals surface area contributed by atoms with Crippen molar-refractivity contribution in [1.29, 1.82) is 0 Å². The second-order valence-electron chi connectivity index (χ2n) is 3.27. The monoisotopic (exact) mass is 322 g/mol. The molecule has 0 spiro atoms. The number of aliphatic hydroxyl groups is 1. The Balaban J connectivity index is 3.04. The maximum absolute atomic E-state index is 12.4. The molecule has 4 nitrogen and oxygen atoms in total. The van der Waals surface area contributed by atoms with Crippen LogP contribution in [0.1, 0.15) is 25.3 Å². The maximum Gasteiger partial charge on any atom is 0.363 e. The average molecular weight is 323 g/mol. The third kappa shape index (κ3) is 3.63. The van der Waals surface area contributed by atoms with E-state index in [-0.39, 0.29) is 13.2 Å². The minimum atomic E-state index is -3.53. The molecule has 1 N–H and O–H groups in total. The van der Waals surface area contributed by atoms with Gasteiger partial charge in [-0.3, -0.25) is 4.57 Å². The van der Waals surface area contributed by atoms with Crippen LogP contribution in [-0.4, -0.2) is 18.3 Å². The fraction of sp³-hybridized carbons (Fsp3) is 0.455. The summed E-state index contributed by atoms with van der Waals surface area (Å²) in [5.74, 6) is -1.28. The molecular formula is C11H16BrO4P. The highest BCUT2D eigenvalue weighted by atomic mass is 79.9. The van der Waals surface area contributed by atoms with Crippen molar-refractivity contribution >= 4 is 23.5 Å². The van der Waals surface area contributed by atoms with Crippen LogP contribution in [0, 0.1) is 0 Å². The predicted molar refractivity (Wildman–Crippen MR) is 70.0 cm³/mol. The van der Waals surface area contributed by atoms with Crippen LogP contribution in [0.25, 0.3) is 0 Å². The number of rotatable bonds is 6. The summed E-state index contributed by atoms with van der Waals surface area (Å²) in [6.45, 7) is 3.86.